The van der Waals surface area contributed by atoms with Crippen LogP contribution < -0.4 is 4.90 Å². The zero-order valence-corrected chi connectivity index (χ0v) is 6.20. The molecule has 0 atom stereocenters. The Kier molecular flexibility index (Phi) is 1.60. The molecule has 0 N–H and O–H groups in total. The van der Waals surface area contributed by atoms with Crippen molar-refractivity contribution in [3.8, 4) is 0 Å². The molecule has 0 saturated heterocycles. The zero-order chi connectivity index (χ0) is 7.52. The lowest BCUT2D eigenvalue weighted by molar-refractivity contribution is 0.997. The molecule has 2 heteroatoms. The second-order valence-corrected chi connectivity index (χ2v) is 2.52. The van der Waals surface area contributed by atoms with Crippen LogP contribution in [0.4, 0.5) is 5.69 Å². The standard InChI is InChI=1S/C9H9N2/c1-2-7-11(6-1)9-4-3-5-10-8-9/h1-2,4-5,8H,6-7H2. The predicted octanol–water partition coefficient (Wildman–Crippen LogP) is 1.26. The van der Waals surface area contributed by atoms with Crippen LogP contribution in [0.5, 0.6) is 0 Å². The average Bonchev–Trinajstić information content (AvgIpc) is 2.58. The third-order valence-electron chi connectivity index (χ3n) is 1.77. The largest absolute Gasteiger partial charge is 0.363 e. The molecule has 0 spiro atoms. The molecule has 1 radical (unpaired) electrons. The van der Waals surface area contributed by atoms with Crippen LogP contribution in [-0.2, 0) is 0 Å². The maximum atomic E-state index is 4.00. The van der Waals surface area contributed by atoms with Crippen LogP contribution in [-0.4, -0.2) is 18.1 Å². The first-order valence-electron chi connectivity index (χ1n) is 3.68. The number of pyridine rings is 1. The molecule has 0 unspecified atom stereocenters. The fourth-order valence-corrected chi connectivity index (χ4v) is 1.18. The van der Waals surface area contributed by atoms with Crippen molar-refractivity contribution in [3.63, 3.8) is 0 Å². The van der Waals surface area contributed by atoms with E-state index < -0.39 is 0 Å². The van der Waals surface area contributed by atoms with Gasteiger partial charge in [0.1, 0.15) is 0 Å². The summed E-state index contributed by atoms with van der Waals surface area (Å²) >= 11 is 0. The van der Waals surface area contributed by atoms with Gasteiger partial charge in [0.2, 0.25) is 0 Å². The van der Waals surface area contributed by atoms with Crippen LogP contribution in [0.15, 0.2) is 30.6 Å². The molecule has 2 heterocycles. The lowest BCUT2D eigenvalue weighted by atomic mass is 10.4. The second-order valence-electron chi connectivity index (χ2n) is 2.52. The molecular weight excluding hydrogens is 136 g/mol. The molecule has 1 aliphatic heterocycles. The van der Waals surface area contributed by atoms with Gasteiger partial charge in [-0.3, -0.25) is 4.98 Å². The van der Waals surface area contributed by atoms with Gasteiger partial charge in [-0.2, -0.15) is 0 Å². The Labute approximate surface area is 66.2 Å². The highest BCUT2D eigenvalue weighted by Crippen LogP contribution is 2.13. The zero-order valence-electron chi connectivity index (χ0n) is 6.20. The molecule has 0 saturated carbocycles. The minimum atomic E-state index is 1.000. The first-order chi connectivity index (χ1) is 5.47. The van der Waals surface area contributed by atoms with Crippen molar-refractivity contribution in [2.45, 2.75) is 0 Å². The van der Waals surface area contributed by atoms with Crippen LogP contribution >= 0.6 is 0 Å². The number of anilines is 1. The van der Waals surface area contributed by atoms with E-state index in [9.17, 15) is 0 Å². The van der Waals surface area contributed by atoms with Gasteiger partial charge in [-0.15, -0.1) is 0 Å². The van der Waals surface area contributed by atoms with E-state index in [0.29, 0.717) is 0 Å². The number of hydrogen-bond acceptors (Lipinski definition) is 2. The first kappa shape index (κ1) is 6.40. The molecule has 0 bridgehead atoms. The third-order valence-corrected chi connectivity index (χ3v) is 1.77. The van der Waals surface area contributed by atoms with Crippen molar-refractivity contribution in [3.05, 3.63) is 36.7 Å². The second kappa shape index (κ2) is 2.74. The highest BCUT2D eigenvalue weighted by molar-refractivity contribution is 5.46. The Balaban J connectivity index is 2.17. The minimum Gasteiger partial charge on any atom is -0.363 e. The van der Waals surface area contributed by atoms with Crippen LogP contribution in [0.25, 0.3) is 0 Å². The fraction of sp³-hybridized carbons (Fsp3) is 0.222. The number of hydrogen-bond donors (Lipinski definition) is 0. The summed E-state index contributed by atoms with van der Waals surface area (Å²) in [7, 11) is 0. The molecule has 2 nitrogen and oxygen atoms in total. The maximum absolute atomic E-state index is 4.00. The summed E-state index contributed by atoms with van der Waals surface area (Å²) in [6.45, 7) is 2.00. The summed E-state index contributed by atoms with van der Waals surface area (Å²) < 4.78 is 0. The molecule has 1 aromatic heterocycles. The summed E-state index contributed by atoms with van der Waals surface area (Å²) in [6, 6.07) is 4.92. The van der Waals surface area contributed by atoms with Crippen molar-refractivity contribution >= 4 is 5.69 Å². The molecule has 0 amide bonds. The predicted molar refractivity (Wildman–Crippen MR) is 44.4 cm³/mol. The van der Waals surface area contributed by atoms with Gasteiger partial charge in [-0.1, -0.05) is 12.2 Å². The van der Waals surface area contributed by atoms with E-state index in [1.165, 1.54) is 0 Å². The lowest BCUT2D eigenvalue weighted by Crippen LogP contribution is -2.18. The number of aromatic nitrogens is 1. The van der Waals surface area contributed by atoms with Crippen LogP contribution in [0.3, 0.4) is 0 Å². The number of nitrogens with zero attached hydrogens (tertiary/aromatic N) is 2. The van der Waals surface area contributed by atoms with Gasteiger partial charge in [-0.25, -0.2) is 0 Å². The highest BCUT2D eigenvalue weighted by Gasteiger charge is 2.05. The third kappa shape index (κ3) is 1.24. The molecular formula is C9H9N2. The van der Waals surface area contributed by atoms with Gasteiger partial charge in [0.05, 0.1) is 11.9 Å². The Morgan fingerprint density at radius 1 is 1.36 bits per heavy atom. The molecule has 0 aromatic carbocycles. The van der Waals surface area contributed by atoms with Gasteiger partial charge in [0.25, 0.3) is 0 Å². The normalized spacial score (nSPS) is 15.8. The summed E-state index contributed by atoms with van der Waals surface area (Å²) in [5, 5.41) is 0. The lowest BCUT2D eigenvalue weighted by Gasteiger charge is -2.15. The smallest absolute Gasteiger partial charge is 0.0564 e. The Morgan fingerprint density at radius 2 is 2.18 bits per heavy atom. The molecule has 1 aromatic rings. The first-order valence-corrected chi connectivity index (χ1v) is 3.68. The van der Waals surface area contributed by atoms with Crippen molar-refractivity contribution in [1.29, 1.82) is 0 Å². The van der Waals surface area contributed by atoms with E-state index in [0.717, 1.165) is 18.8 Å². The Bertz CT molecular complexity index is 246. The van der Waals surface area contributed by atoms with Crippen molar-refractivity contribution in [2.24, 2.45) is 0 Å². The summed E-state index contributed by atoms with van der Waals surface area (Å²) in [6.07, 6.45) is 7.86. The van der Waals surface area contributed by atoms with Crippen LogP contribution in [0.2, 0.25) is 0 Å². The fourth-order valence-electron chi connectivity index (χ4n) is 1.18. The molecule has 11 heavy (non-hydrogen) atoms. The average molecular weight is 145 g/mol. The van der Waals surface area contributed by atoms with E-state index in [-0.39, 0.29) is 0 Å². The molecule has 2 rings (SSSR count). The van der Waals surface area contributed by atoms with Crippen LogP contribution in [0.1, 0.15) is 0 Å². The highest BCUT2D eigenvalue weighted by atomic mass is 15.1. The quantitative estimate of drug-likeness (QED) is 0.553. The number of rotatable bonds is 1. The molecule has 55 valence electrons. The summed E-state index contributed by atoms with van der Waals surface area (Å²) in [5.41, 5.74) is 1.15. The SMILES string of the molecule is [c]1cncc(N2CC=CC2)c1. The minimum absolute atomic E-state index is 1.000. The summed E-state index contributed by atoms with van der Waals surface area (Å²) in [5.74, 6) is 0. The topological polar surface area (TPSA) is 16.1 Å². The monoisotopic (exact) mass is 145 g/mol. The van der Waals surface area contributed by atoms with E-state index in [1.54, 1.807) is 6.20 Å². The van der Waals surface area contributed by atoms with Crippen molar-refractivity contribution < 1.29 is 0 Å². The maximum Gasteiger partial charge on any atom is 0.0564 e. The van der Waals surface area contributed by atoms with Gasteiger partial charge in [0.15, 0.2) is 0 Å². The van der Waals surface area contributed by atoms with E-state index in [1.807, 2.05) is 12.3 Å². The Hall–Kier alpha value is -1.31. The van der Waals surface area contributed by atoms with Crippen molar-refractivity contribution in [2.75, 3.05) is 18.0 Å². The molecule has 0 fully saturated rings. The van der Waals surface area contributed by atoms with E-state index in [2.05, 4.69) is 28.1 Å². The van der Waals surface area contributed by atoms with Gasteiger partial charge >= 0.3 is 0 Å². The Morgan fingerprint density at radius 3 is 2.82 bits per heavy atom. The van der Waals surface area contributed by atoms with Gasteiger partial charge < -0.3 is 4.90 Å². The molecule has 1 aliphatic rings. The van der Waals surface area contributed by atoms with Crippen molar-refractivity contribution in [1.82, 2.24) is 4.98 Å². The molecule has 0 aliphatic carbocycles. The van der Waals surface area contributed by atoms with Gasteiger partial charge in [-0.05, 0) is 6.07 Å². The van der Waals surface area contributed by atoms with E-state index in [4.69, 9.17) is 0 Å². The van der Waals surface area contributed by atoms with E-state index >= 15 is 0 Å². The van der Waals surface area contributed by atoms with Crippen LogP contribution in [0, 0.1) is 6.07 Å². The summed E-state index contributed by atoms with van der Waals surface area (Å²) in [4.78, 5) is 6.24. The van der Waals surface area contributed by atoms with Gasteiger partial charge in [0, 0.05) is 25.4 Å².